The normalized spacial score (nSPS) is 28.0. The number of aromatic hydroxyl groups is 1. The highest BCUT2D eigenvalue weighted by molar-refractivity contribution is 6.30. The Hall–Kier alpha value is -5.02. The van der Waals surface area contributed by atoms with Crippen LogP contribution in [-0.4, -0.2) is 45.2 Å². The van der Waals surface area contributed by atoms with E-state index in [2.05, 4.69) is 5.43 Å². The Kier molecular flexibility index (Phi) is 6.96. The average molecular weight is 664 g/mol. The zero-order valence-corrected chi connectivity index (χ0v) is 26.7. The number of hydrazine groups is 1. The van der Waals surface area contributed by atoms with Crippen LogP contribution in [0.3, 0.4) is 0 Å². The molecule has 4 amide bonds. The molecule has 8 nitrogen and oxygen atoms in total. The number of carbonyl (C=O) groups is 4. The van der Waals surface area contributed by atoms with Gasteiger partial charge in [0, 0.05) is 28.4 Å². The molecule has 0 spiro atoms. The maximum absolute atomic E-state index is 15.2. The van der Waals surface area contributed by atoms with Crippen molar-refractivity contribution in [2.75, 3.05) is 12.0 Å². The fraction of sp³-hybridized carbons (Fsp3) is 0.263. The number of imide groups is 2. The molecule has 48 heavy (non-hydrogen) atoms. The van der Waals surface area contributed by atoms with Crippen molar-refractivity contribution in [3.05, 3.63) is 119 Å². The molecule has 2 N–H and O–H groups in total. The van der Waals surface area contributed by atoms with E-state index in [0.29, 0.717) is 33.6 Å². The summed E-state index contributed by atoms with van der Waals surface area (Å²) in [7, 11) is 0. The molecule has 4 aromatic rings. The second kappa shape index (κ2) is 11.0. The van der Waals surface area contributed by atoms with Crippen LogP contribution < -0.4 is 5.43 Å². The maximum atomic E-state index is 15.2. The first kappa shape index (κ1) is 30.3. The van der Waals surface area contributed by atoms with E-state index in [1.54, 1.807) is 43.3 Å². The number of nitrogens with one attached hydrogen (secondary N) is 1. The highest BCUT2D eigenvalue weighted by atomic mass is 35.5. The number of hydrogen-bond acceptors (Lipinski definition) is 6. The second-order valence-electron chi connectivity index (χ2n) is 13.0. The molecular weight excluding hydrogens is 633 g/mol. The molecule has 4 aromatic carbocycles. The van der Waals surface area contributed by atoms with E-state index < -0.39 is 52.6 Å². The number of phenolic OH excluding ortho intramolecular Hbond substituents is 1. The van der Waals surface area contributed by atoms with Crippen LogP contribution in [0.5, 0.6) is 5.75 Å². The quantitative estimate of drug-likeness (QED) is 0.191. The largest absolute Gasteiger partial charge is 0.507 e. The number of likely N-dealkylation sites (tertiary alicyclic amines) is 1. The van der Waals surface area contributed by atoms with Crippen LogP contribution in [0.2, 0.25) is 5.02 Å². The summed E-state index contributed by atoms with van der Waals surface area (Å²) in [6.07, 6.45) is 2.38. The van der Waals surface area contributed by atoms with Crippen molar-refractivity contribution in [1.82, 2.24) is 9.91 Å². The molecule has 6 atom stereocenters. The van der Waals surface area contributed by atoms with Gasteiger partial charge in [0.2, 0.25) is 11.8 Å². The minimum absolute atomic E-state index is 0.0249. The molecule has 0 bridgehead atoms. The monoisotopic (exact) mass is 663 g/mol. The van der Waals surface area contributed by atoms with E-state index in [1.165, 1.54) is 29.2 Å². The summed E-state index contributed by atoms with van der Waals surface area (Å²) >= 11 is 6.35. The van der Waals surface area contributed by atoms with Crippen LogP contribution >= 0.6 is 11.6 Å². The van der Waals surface area contributed by atoms with E-state index in [9.17, 15) is 23.9 Å². The van der Waals surface area contributed by atoms with Crippen LogP contribution in [0.4, 0.5) is 10.1 Å². The van der Waals surface area contributed by atoms with Crippen molar-refractivity contribution >= 4 is 51.7 Å². The number of nitrogens with zero attached hydrogens (tertiary/aromatic N) is 2. The zero-order valence-electron chi connectivity index (χ0n) is 25.9. The molecule has 0 aromatic heterocycles. The molecule has 4 aliphatic rings. The zero-order chi connectivity index (χ0) is 33.5. The molecule has 2 saturated heterocycles. The number of hydrogen-bond donors (Lipinski definition) is 2. The highest BCUT2D eigenvalue weighted by Crippen LogP contribution is 2.65. The lowest BCUT2D eigenvalue weighted by Crippen LogP contribution is -2.53. The Morgan fingerprint density at radius 3 is 2.35 bits per heavy atom. The Morgan fingerprint density at radius 2 is 1.62 bits per heavy atom. The lowest BCUT2D eigenvalue weighted by molar-refractivity contribution is -0.141. The number of rotatable bonds is 5. The first-order chi connectivity index (χ1) is 23.2. The third kappa shape index (κ3) is 4.13. The number of anilines is 1. The SMILES string of the molecule is CCN1C(=O)[C@H]2[C@H](CC=C3[C@H]2C[C@H]2C(=O)N(Nc4ccc(F)cc4)C(=O)[C@@]2(c2ccc(Cl)cc2)[C@H]3c2ccc3ccccc3c2O)C1=O. The van der Waals surface area contributed by atoms with Gasteiger partial charge in [0.1, 0.15) is 11.6 Å². The third-order valence-electron chi connectivity index (χ3n) is 10.9. The molecule has 10 heteroatoms. The average Bonchev–Trinajstić information content (AvgIpc) is 3.47. The number of fused-ring (bicyclic) bond motifs is 5. The number of phenols is 1. The van der Waals surface area contributed by atoms with Crippen LogP contribution in [0.1, 0.15) is 36.8 Å². The first-order valence-corrected chi connectivity index (χ1v) is 16.5. The number of amides is 4. The molecule has 242 valence electrons. The van der Waals surface area contributed by atoms with Gasteiger partial charge in [-0.3, -0.25) is 29.5 Å². The molecule has 3 fully saturated rings. The molecule has 1 saturated carbocycles. The maximum Gasteiger partial charge on any atom is 0.260 e. The Labute approximate surface area is 280 Å². The lowest BCUT2D eigenvalue weighted by Gasteiger charge is -2.50. The third-order valence-corrected chi connectivity index (χ3v) is 11.2. The van der Waals surface area contributed by atoms with Gasteiger partial charge in [0.25, 0.3) is 11.8 Å². The summed E-state index contributed by atoms with van der Waals surface area (Å²) < 4.78 is 13.8. The van der Waals surface area contributed by atoms with Gasteiger partial charge < -0.3 is 5.11 Å². The summed E-state index contributed by atoms with van der Waals surface area (Å²) in [6.45, 7) is 2.01. The standard InChI is InChI=1S/C38H31ClFN3O5/c1-2-42-34(45)27-18-17-26-29(31(27)36(42)47)19-30-35(46)43(41-24-14-12-23(40)13-15-24)37(48)38(30,21-8-10-22(39)11-9-21)32(26)28-16-7-20-5-3-4-6-25(20)33(28)44/h3-17,27,29-32,41,44H,2,18-19H2,1H3/t27-,29+,30-,31-,32+,38+/m0/s1. The summed E-state index contributed by atoms with van der Waals surface area (Å²) in [4.78, 5) is 58.5. The fourth-order valence-corrected chi connectivity index (χ4v) is 9.01. The van der Waals surface area contributed by atoms with Gasteiger partial charge in [-0.25, -0.2) is 4.39 Å². The number of allylic oxidation sites excluding steroid dienone is 2. The summed E-state index contributed by atoms with van der Waals surface area (Å²) in [5.41, 5.74) is 3.42. The van der Waals surface area contributed by atoms with Crippen molar-refractivity contribution in [3.63, 3.8) is 0 Å². The summed E-state index contributed by atoms with van der Waals surface area (Å²) in [5, 5.41) is 14.8. The van der Waals surface area contributed by atoms with Gasteiger partial charge in [0.15, 0.2) is 0 Å². The molecule has 8 rings (SSSR count). The predicted octanol–water partition coefficient (Wildman–Crippen LogP) is 6.34. The van der Waals surface area contributed by atoms with Crippen LogP contribution in [0.15, 0.2) is 96.6 Å². The van der Waals surface area contributed by atoms with Gasteiger partial charge in [-0.05, 0) is 73.0 Å². The van der Waals surface area contributed by atoms with Gasteiger partial charge in [-0.2, -0.15) is 5.01 Å². The van der Waals surface area contributed by atoms with Crippen LogP contribution in [0, 0.1) is 29.5 Å². The van der Waals surface area contributed by atoms with Crippen molar-refractivity contribution in [2.24, 2.45) is 23.7 Å². The number of carbonyl (C=O) groups excluding carboxylic acids is 4. The Bertz CT molecular complexity index is 2070. The van der Waals surface area contributed by atoms with Gasteiger partial charge in [0.05, 0.1) is 28.9 Å². The fourth-order valence-electron chi connectivity index (χ4n) is 8.88. The predicted molar refractivity (Wildman–Crippen MR) is 177 cm³/mol. The van der Waals surface area contributed by atoms with Crippen molar-refractivity contribution < 1.29 is 28.7 Å². The summed E-state index contributed by atoms with van der Waals surface area (Å²) in [6, 6.07) is 23.2. The van der Waals surface area contributed by atoms with Crippen LogP contribution in [0.25, 0.3) is 10.8 Å². The number of benzene rings is 4. The molecule has 0 unspecified atom stereocenters. The van der Waals surface area contributed by atoms with E-state index in [-0.39, 0.29) is 30.5 Å². The number of halogens is 2. The topological polar surface area (TPSA) is 107 Å². The van der Waals surface area contributed by atoms with Crippen molar-refractivity contribution in [3.8, 4) is 5.75 Å². The second-order valence-corrected chi connectivity index (χ2v) is 13.5. The molecule has 0 radical (unpaired) electrons. The van der Waals surface area contributed by atoms with Gasteiger partial charge in [-0.15, -0.1) is 0 Å². The van der Waals surface area contributed by atoms with E-state index >= 15 is 4.79 Å². The Balaban J connectivity index is 1.39. The molecule has 2 aliphatic carbocycles. The highest BCUT2D eigenvalue weighted by Gasteiger charge is 2.70. The summed E-state index contributed by atoms with van der Waals surface area (Å²) in [5.74, 6) is -5.76. The molecule has 2 heterocycles. The van der Waals surface area contributed by atoms with E-state index in [4.69, 9.17) is 11.6 Å². The minimum Gasteiger partial charge on any atom is -0.507 e. The van der Waals surface area contributed by atoms with Crippen molar-refractivity contribution in [2.45, 2.75) is 31.1 Å². The van der Waals surface area contributed by atoms with E-state index in [0.717, 1.165) is 16.0 Å². The molecule has 2 aliphatic heterocycles. The first-order valence-electron chi connectivity index (χ1n) is 16.1. The van der Waals surface area contributed by atoms with E-state index in [1.807, 2.05) is 30.3 Å². The van der Waals surface area contributed by atoms with Crippen LogP contribution in [-0.2, 0) is 24.6 Å². The van der Waals surface area contributed by atoms with Crippen molar-refractivity contribution in [1.29, 1.82) is 0 Å². The van der Waals surface area contributed by atoms with Gasteiger partial charge >= 0.3 is 0 Å². The Morgan fingerprint density at radius 1 is 0.896 bits per heavy atom. The minimum atomic E-state index is -1.57. The van der Waals surface area contributed by atoms with Gasteiger partial charge in [-0.1, -0.05) is 71.8 Å². The smallest absolute Gasteiger partial charge is 0.260 e. The molecular formula is C38H31ClFN3O5. The lowest BCUT2D eigenvalue weighted by atomic mass is 9.49.